The molecule has 3 aromatic rings. The zero-order valence-corrected chi connectivity index (χ0v) is 18.9. The van der Waals surface area contributed by atoms with Crippen molar-refractivity contribution in [3.8, 4) is 11.1 Å². The van der Waals surface area contributed by atoms with Gasteiger partial charge in [0.25, 0.3) is 0 Å². The van der Waals surface area contributed by atoms with Crippen LogP contribution in [0.1, 0.15) is 39.1 Å². The second-order valence-corrected chi connectivity index (χ2v) is 8.35. The summed E-state index contributed by atoms with van der Waals surface area (Å²) >= 11 is 0. The molecule has 0 bridgehead atoms. The molecular formula is C23H27N5O4. The highest BCUT2D eigenvalue weighted by Crippen LogP contribution is 2.39. The molecule has 2 amide bonds. The van der Waals surface area contributed by atoms with Crippen LogP contribution >= 0.6 is 0 Å². The minimum atomic E-state index is -0.426. The molecule has 32 heavy (non-hydrogen) atoms. The first-order valence-corrected chi connectivity index (χ1v) is 10.6. The number of ether oxygens (including phenoxy) is 1. The summed E-state index contributed by atoms with van der Waals surface area (Å²) in [6, 6.07) is 7.40. The molecule has 0 fully saturated rings. The van der Waals surface area contributed by atoms with Gasteiger partial charge in [0.1, 0.15) is 6.54 Å². The maximum atomic E-state index is 12.8. The van der Waals surface area contributed by atoms with E-state index in [-0.39, 0.29) is 18.1 Å². The number of hydrogen-bond acceptors (Lipinski definition) is 6. The zero-order valence-electron chi connectivity index (χ0n) is 18.9. The molecule has 168 valence electrons. The van der Waals surface area contributed by atoms with Gasteiger partial charge in [-0.1, -0.05) is 11.2 Å². The molecule has 3 heterocycles. The van der Waals surface area contributed by atoms with Crippen LogP contribution in [0.4, 0.5) is 16.2 Å². The molecule has 1 aliphatic rings. The Morgan fingerprint density at radius 2 is 2.00 bits per heavy atom. The highest BCUT2D eigenvalue weighted by atomic mass is 16.6. The predicted octanol–water partition coefficient (Wildman–Crippen LogP) is 4.00. The van der Waals surface area contributed by atoms with E-state index in [1.807, 2.05) is 58.2 Å². The average Bonchev–Trinajstić information content (AvgIpc) is 3.35. The van der Waals surface area contributed by atoms with Crippen LogP contribution in [0.3, 0.4) is 0 Å². The van der Waals surface area contributed by atoms with Crippen molar-refractivity contribution in [2.75, 3.05) is 16.3 Å². The van der Waals surface area contributed by atoms with Crippen LogP contribution in [0.2, 0.25) is 0 Å². The number of carbonyl (C=O) groups is 2. The van der Waals surface area contributed by atoms with E-state index in [0.29, 0.717) is 24.5 Å². The molecule has 1 atom stereocenters. The third-order valence-corrected chi connectivity index (χ3v) is 5.27. The van der Waals surface area contributed by atoms with Gasteiger partial charge in [-0.25, -0.2) is 4.79 Å². The van der Waals surface area contributed by atoms with Crippen LogP contribution in [0.15, 0.2) is 41.2 Å². The number of hydrogen-bond donors (Lipinski definition) is 0. The normalized spacial score (nSPS) is 15.8. The Hall–Kier alpha value is -3.62. The van der Waals surface area contributed by atoms with Gasteiger partial charge in [-0.3, -0.25) is 14.4 Å². The van der Waals surface area contributed by atoms with E-state index in [4.69, 9.17) is 9.26 Å². The molecule has 4 rings (SSSR count). The Balaban J connectivity index is 1.69. The molecule has 2 aromatic heterocycles. The van der Waals surface area contributed by atoms with Gasteiger partial charge in [0.2, 0.25) is 5.91 Å². The first kappa shape index (κ1) is 21.6. The topological polar surface area (TPSA) is 93.7 Å². The molecule has 9 heteroatoms. The molecule has 0 radical (unpaired) electrons. The Kier molecular flexibility index (Phi) is 5.73. The quantitative estimate of drug-likeness (QED) is 0.612. The highest BCUT2D eigenvalue weighted by Gasteiger charge is 2.34. The molecule has 9 nitrogen and oxygen atoms in total. The molecule has 0 unspecified atom stereocenters. The maximum absolute atomic E-state index is 12.8. The number of fused-ring (bicyclic) bond motifs is 1. The first-order chi connectivity index (χ1) is 15.2. The van der Waals surface area contributed by atoms with E-state index in [1.165, 1.54) is 6.92 Å². The van der Waals surface area contributed by atoms with Gasteiger partial charge >= 0.3 is 6.09 Å². The number of amides is 2. The lowest BCUT2D eigenvalue weighted by molar-refractivity contribution is -0.117. The number of nitrogens with zero attached hydrogens (tertiary/aromatic N) is 5. The number of benzene rings is 1. The summed E-state index contributed by atoms with van der Waals surface area (Å²) in [6.45, 7) is 9.77. The largest absolute Gasteiger partial charge is 0.446 e. The lowest BCUT2D eigenvalue weighted by Gasteiger charge is -2.40. The Labute approximate surface area is 186 Å². The third kappa shape index (κ3) is 4.23. The number of carbonyl (C=O) groups excluding carboxylic acids is 2. The molecule has 0 aliphatic carbocycles. The van der Waals surface area contributed by atoms with Crippen molar-refractivity contribution >= 4 is 23.4 Å². The Bertz CT molecular complexity index is 1150. The highest BCUT2D eigenvalue weighted by molar-refractivity contribution is 6.03. The fraction of sp³-hybridized carbons (Fsp3) is 0.391. The zero-order chi connectivity index (χ0) is 23.0. The van der Waals surface area contributed by atoms with E-state index in [2.05, 4.69) is 10.3 Å². The molecule has 0 N–H and O–H groups in total. The van der Waals surface area contributed by atoms with Crippen molar-refractivity contribution in [2.24, 2.45) is 0 Å². The summed E-state index contributed by atoms with van der Waals surface area (Å²) < 4.78 is 12.5. The summed E-state index contributed by atoms with van der Waals surface area (Å²) in [5, 5.41) is 8.32. The summed E-state index contributed by atoms with van der Waals surface area (Å²) in [7, 11) is 0. The van der Waals surface area contributed by atoms with E-state index >= 15 is 0 Å². The minimum Gasteiger partial charge on any atom is -0.446 e. The number of rotatable bonds is 4. The van der Waals surface area contributed by atoms with Crippen molar-refractivity contribution in [2.45, 2.75) is 53.3 Å². The van der Waals surface area contributed by atoms with E-state index < -0.39 is 6.09 Å². The lowest BCUT2D eigenvalue weighted by Crippen LogP contribution is -2.51. The summed E-state index contributed by atoms with van der Waals surface area (Å²) in [5.74, 6) is 0.648. The molecule has 0 saturated heterocycles. The first-order valence-electron chi connectivity index (χ1n) is 10.6. The van der Waals surface area contributed by atoms with Crippen molar-refractivity contribution in [3.63, 3.8) is 0 Å². The minimum absolute atomic E-state index is 0.0708. The van der Waals surface area contributed by atoms with Crippen LogP contribution in [0, 0.1) is 6.92 Å². The van der Waals surface area contributed by atoms with Crippen molar-refractivity contribution < 1.29 is 18.8 Å². The van der Waals surface area contributed by atoms with Gasteiger partial charge in [-0.2, -0.15) is 5.10 Å². The van der Waals surface area contributed by atoms with Crippen LogP contribution in [0.5, 0.6) is 0 Å². The monoisotopic (exact) mass is 437 g/mol. The van der Waals surface area contributed by atoms with E-state index in [1.54, 1.807) is 20.7 Å². The summed E-state index contributed by atoms with van der Waals surface area (Å²) in [4.78, 5) is 28.5. The maximum Gasteiger partial charge on any atom is 0.414 e. The van der Waals surface area contributed by atoms with Crippen molar-refractivity contribution in [1.29, 1.82) is 0 Å². The molecule has 0 saturated carbocycles. The predicted molar refractivity (Wildman–Crippen MR) is 120 cm³/mol. The fourth-order valence-electron chi connectivity index (χ4n) is 3.97. The Morgan fingerprint density at radius 3 is 2.66 bits per heavy atom. The SMILES string of the molecule is CC(=O)N1c2ccc(-c3cnn(Cc4cc(C)no4)c3)cc2N(C(=O)OC(C)C)C[C@@H]1C. The van der Waals surface area contributed by atoms with E-state index in [0.717, 1.165) is 22.6 Å². The van der Waals surface area contributed by atoms with Crippen LogP contribution in [-0.2, 0) is 16.1 Å². The molecule has 1 aromatic carbocycles. The van der Waals surface area contributed by atoms with Gasteiger partial charge in [-0.15, -0.1) is 0 Å². The number of anilines is 2. The number of aryl methyl sites for hydroxylation is 1. The van der Waals surface area contributed by atoms with Crippen LogP contribution in [0.25, 0.3) is 11.1 Å². The second kappa shape index (κ2) is 8.49. The summed E-state index contributed by atoms with van der Waals surface area (Å²) in [5.41, 5.74) is 3.91. The third-order valence-electron chi connectivity index (χ3n) is 5.27. The Morgan fingerprint density at radius 1 is 1.22 bits per heavy atom. The average molecular weight is 438 g/mol. The van der Waals surface area contributed by atoms with Crippen LogP contribution in [-0.4, -0.2) is 45.6 Å². The van der Waals surface area contributed by atoms with Crippen molar-refractivity contribution in [3.05, 3.63) is 48.1 Å². The molecule has 1 aliphatic heterocycles. The van der Waals surface area contributed by atoms with Gasteiger partial charge in [0.05, 0.1) is 35.4 Å². The fourth-order valence-corrected chi connectivity index (χ4v) is 3.97. The second-order valence-electron chi connectivity index (χ2n) is 8.35. The smallest absolute Gasteiger partial charge is 0.414 e. The lowest BCUT2D eigenvalue weighted by atomic mass is 10.0. The van der Waals surface area contributed by atoms with Gasteiger partial charge in [0.15, 0.2) is 5.76 Å². The molecule has 0 spiro atoms. The van der Waals surface area contributed by atoms with E-state index in [9.17, 15) is 9.59 Å². The van der Waals surface area contributed by atoms with Crippen LogP contribution < -0.4 is 9.80 Å². The number of aromatic nitrogens is 3. The standard InChI is InChI=1S/C23H27N5O4/c1-14(2)31-23(30)27-11-16(4)28(17(5)29)21-7-6-18(9-22(21)27)19-10-24-26(12-19)13-20-8-15(3)25-32-20/h6-10,12,14,16H,11,13H2,1-5H3/t16-/m0/s1. The van der Waals surface area contributed by atoms with Gasteiger partial charge in [0, 0.05) is 31.3 Å². The van der Waals surface area contributed by atoms with Gasteiger partial charge < -0.3 is 14.2 Å². The molecular weight excluding hydrogens is 410 g/mol. The van der Waals surface area contributed by atoms with Gasteiger partial charge in [-0.05, 0) is 45.4 Å². The van der Waals surface area contributed by atoms with Crippen molar-refractivity contribution in [1.82, 2.24) is 14.9 Å². The summed E-state index contributed by atoms with van der Waals surface area (Å²) in [6.07, 6.45) is 3.00.